The van der Waals surface area contributed by atoms with Gasteiger partial charge in [-0.05, 0) is 47.0 Å². The van der Waals surface area contributed by atoms with Crippen molar-refractivity contribution in [1.82, 2.24) is 0 Å². The fourth-order valence-corrected chi connectivity index (χ4v) is 4.09. The molecule has 0 radical (unpaired) electrons. The van der Waals surface area contributed by atoms with E-state index in [1.807, 2.05) is 6.92 Å². The average Bonchev–Trinajstić information content (AvgIpc) is 1.99. The maximum atomic E-state index is 11.7. The first-order valence-electron chi connectivity index (χ1n) is 4.25. The van der Waals surface area contributed by atoms with Crippen molar-refractivity contribution in [1.29, 1.82) is 5.26 Å². The second kappa shape index (κ2) is 4.33. The molecule has 0 spiro atoms. The lowest BCUT2D eigenvalue weighted by molar-refractivity contribution is 0.598. The van der Waals surface area contributed by atoms with E-state index >= 15 is 0 Å². The predicted molar refractivity (Wildman–Crippen MR) is 61.3 cm³/mol. The number of halogens is 1. The molecule has 0 heterocycles. The van der Waals surface area contributed by atoms with Crippen molar-refractivity contribution in [3.8, 4) is 6.07 Å². The molecule has 0 amide bonds. The largest absolute Gasteiger partial charge is 0.223 e. The first kappa shape index (κ1) is 12.2. The van der Waals surface area contributed by atoms with Crippen molar-refractivity contribution >= 4 is 25.8 Å². The Balaban J connectivity index is 3.47. The van der Waals surface area contributed by atoms with Gasteiger partial charge in [0.1, 0.15) is 5.75 Å². The number of nitrogens with zero attached hydrogens (tertiary/aromatic N) is 1. The minimum absolute atomic E-state index is 0.217. The zero-order chi connectivity index (χ0) is 11.6. The SMILES string of the molecule is Cc1cc(C)c(S(=O)(=O)CC#N)c(Br)c1. The molecule has 1 aromatic rings. The van der Waals surface area contributed by atoms with Crippen LogP contribution in [-0.2, 0) is 9.84 Å². The number of rotatable bonds is 2. The highest BCUT2D eigenvalue weighted by atomic mass is 79.9. The number of hydrogen-bond acceptors (Lipinski definition) is 3. The van der Waals surface area contributed by atoms with E-state index in [-0.39, 0.29) is 4.90 Å². The van der Waals surface area contributed by atoms with Crippen molar-refractivity contribution < 1.29 is 8.42 Å². The Hall–Kier alpha value is -0.860. The molecule has 0 aliphatic heterocycles. The van der Waals surface area contributed by atoms with Gasteiger partial charge >= 0.3 is 0 Å². The van der Waals surface area contributed by atoms with Gasteiger partial charge < -0.3 is 0 Å². The smallest absolute Gasteiger partial charge is 0.193 e. The summed E-state index contributed by atoms with van der Waals surface area (Å²) in [7, 11) is -3.50. The number of nitriles is 1. The van der Waals surface area contributed by atoms with Crippen LogP contribution in [0.4, 0.5) is 0 Å². The van der Waals surface area contributed by atoms with Crippen LogP contribution in [0.3, 0.4) is 0 Å². The van der Waals surface area contributed by atoms with Crippen LogP contribution in [0, 0.1) is 25.2 Å². The third-order valence-corrected chi connectivity index (χ3v) is 4.50. The van der Waals surface area contributed by atoms with Gasteiger partial charge in [-0.3, -0.25) is 0 Å². The standard InChI is InChI=1S/C10H10BrNO2S/c1-7-5-8(2)10(9(11)6-7)15(13,14)4-3-12/h5-6H,4H2,1-2H3. The van der Waals surface area contributed by atoms with Gasteiger partial charge in [0.05, 0.1) is 11.0 Å². The summed E-state index contributed by atoms with van der Waals surface area (Å²) in [5, 5.41) is 8.46. The molecule has 0 aliphatic rings. The Bertz CT molecular complexity index is 506. The van der Waals surface area contributed by atoms with Crippen LogP contribution in [0.15, 0.2) is 21.5 Å². The van der Waals surface area contributed by atoms with E-state index in [1.165, 1.54) is 0 Å². The molecular formula is C10H10BrNO2S. The Morgan fingerprint density at radius 2 is 2.00 bits per heavy atom. The van der Waals surface area contributed by atoms with Crippen molar-refractivity contribution in [2.75, 3.05) is 5.75 Å². The molecule has 80 valence electrons. The lowest BCUT2D eigenvalue weighted by atomic mass is 10.2. The quantitative estimate of drug-likeness (QED) is 0.839. The molecular weight excluding hydrogens is 278 g/mol. The maximum Gasteiger partial charge on any atom is 0.193 e. The lowest BCUT2D eigenvalue weighted by Gasteiger charge is -2.08. The number of aryl methyl sites for hydroxylation is 2. The summed E-state index contributed by atoms with van der Waals surface area (Å²) in [4.78, 5) is 0.217. The molecule has 0 atom stereocenters. The monoisotopic (exact) mass is 287 g/mol. The molecule has 0 aromatic heterocycles. The Kier molecular flexibility index (Phi) is 3.53. The molecule has 1 rings (SSSR count). The summed E-state index contributed by atoms with van der Waals surface area (Å²) in [6.07, 6.45) is 0. The van der Waals surface area contributed by atoms with E-state index in [2.05, 4.69) is 15.9 Å². The average molecular weight is 288 g/mol. The Morgan fingerprint density at radius 1 is 1.40 bits per heavy atom. The van der Waals surface area contributed by atoms with Gasteiger partial charge in [-0.15, -0.1) is 0 Å². The molecule has 1 aromatic carbocycles. The third-order valence-electron chi connectivity index (χ3n) is 1.94. The summed E-state index contributed by atoms with van der Waals surface area (Å²) < 4.78 is 24.0. The summed E-state index contributed by atoms with van der Waals surface area (Å²) in [6, 6.07) is 5.19. The molecule has 0 aliphatic carbocycles. The minimum atomic E-state index is -3.50. The van der Waals surface area contributed by atoms with Gasteiger partial charge in [0.15, 0.2) is 9.84 Å². The van der Waals surface area contributed by atoms with Gasteiger partial charge in [-0.1, -0.05) is 6.07 Å². The fraction of sp³-hybridized carbons (Fsp3) is 0.300. The first-order chi connectivity index (χ1) is 6.88. The van der Waals surface area contributed by atoms with Gasteiger partial charge in [0, 0.05) is 4.47 Å². The summed E-state index contributed by atoms with van der Waals surface area (Å²) in [5.41, 5.74) is 1.65. The molecule has 0 saturated carbocycles. The highest BCUT2D eigenvalue weighted by Crippen LogP contribution is 2.27. The van der Waals surface area contributed by atoms with Crippen molar-refractivity contribution in [2.24, 2.45) is 0 Å². The Morgan fingerprint density at radius 3 is 2.47 bits per heavy atom. The van der Waals surface area contributed by atoms with Crippen molar-refractivity contribution in [3.63, 3.8) is 0 Å². The third kappa shape index (κ3) is 2.58. The summed E-state index contributed by atoms with van der Waals surface area (Å²) in [6.45, 7) is 3.61. The maximum absolute atomic E-state index is 11.7. The van der Waals surface area contributed by atoms with Gasteiger partial charge in [0.2, 0.25) is 0 Å². The van der Waals surface area contributed by atoms with E-state index in [1.54, 1.807) is 25.1 Å². The first-order valence-corrected chi connectivity index (χ1v) is 6.69. The lowest BCUT2D eigenvalue weighted by Crippen LogP contribution is -2.08. The molecule has 5 heteroatoms. The van der Waals surface area contributed by atoms with Crippen LogP contribution in [0.25, 0.3) is 0 Å². The highest BCUT2D eigenvalue weighted by Gasteiger charge is 2.20. The van der Waals surface area contributed by atoms with E-state index < -0.39 is 15.6 Å². The normalized spacial score (nSPS) is 11.1. The second-order valence-electron chi connectivity index (χ2n) is 3.31. The topological polar surface area (TPSA) is 57.9 Å². The molecule has 0 saturated heterocycles. The fourth-order valence-electron chi connectivity index (χ4n) is 1.45. The van der Waals surface area contributed by atoms with Gasteiger partial charge in [-0.25, -0.2) is 8.42 Å². The number of sulfone groups is 1. The van der Waals surface area contributed by atoms with Gasteiger partial charge in [0.25, 0.3) is 0 Å². The van der Waals surface area contributed by atoms with Crippen LogP contribution >= 0.6 is 15.9 Å². The minimum Gasteiger partial charge on any atom is -0.223 e. The summed E-state index contributed by atoms with van der Waals surface area (Å²) >= 11 is 3.22. The van der Waals surface area contributed by atoms with Crippen LogP contribution in [0.1, 0.15) is 11.1 Å². The number of hydrogen-bond donors (Lipinski definition) is 0. The van der Waals surface area contributed by atoms with E-state index in [0.717, 1.165) is 5.56 Å². The molecule has 0 unspecified atom stereocenters. The Labute approximate surface area is 97.8 Å². The molecule has 0 bridgehead atoms. The van der Waals surface area contributed by atoms with Crippen LogP contribution in [0.2, 0.25) is 0 Å². The van der Waals surface area contributed by atoms with Crippen LogP contribution in [-0.4, -0.2) is 14.2 Å². The van der Waals surface area contributed by atoms with E-state index in [0.29, 0.717) is 10.0 Å². The van der Waals surface area contributed by atoms with Crippen molar-refractivity contribution in [2.45, 2.75) is 18.7 Å². The van der Waals surface area contributed by atoms with Crippen LogP contribution < -0.4 is 0 Å². The molecule has 15 heavy (non-hydrogen) atoms. The van der Waals surface area contributed by atoms with Crippen molar-refractivity contribution in [3.05, 3.63) is 27.7 Å². The molecule has 3 nitrogen and oxygen atoms in total. The number of benzene rings is 1. The second-order valence-corrected chi connectivity index (χ2v) is 6.09. The van der Waals surface area contributed by atoms with E-state index in [9.17, 15) is 8.42 Å². The zero-order valence-corrected chi connectivity index (χ0v) is 10.8. The highest BCUT2D eigenvalue weighted by molar-refractivity contribution is 9.10. The van der Waals surface area contributed by atoms with Gasteiger partial charge in [-0.2, -0.15) is 5.26 Å². The summed E-state index contributed by atoms with van der Waals surface area (Å²) in [5.74, 6) is -0.491. The van der Waals surface area contributed by atoms with Crippen LogP contribution in [0.5, 0.6) is 0 Å². The zero-order valence-electron chi connectivity index (χ0n) is 8.41. The van der Waals surface area contributed by atoms with E-state index in [4.69, 9.17) is 5.26 Å². The molecule has 0 fully saturated rings. The molecule has 0 N–H and O–H groups in total. The predicted octanol–water partition coefficient (Wildman–Crippen LogP) is 2.36.